The molecular formula is C34H27F2NO. The van der Waals surface area contributed by atoms with Crippen molar-refractivity contribution in [3.63, 3.8) is 0 Å². The average Bonchev–Trinajstić information content (AvgIpc) is 3.35. The quantitative estimate of drug-likeness (QED) is 0.280. The standard InChI is InChI=1S/C34H27F2NO/c35-28-15-11-23(12-16-28)19-27-21-37(34(38)26-9-5-2-6-10-26)22-32-30(27)20-31(24-7-3-1-4-8-24)33(32)25-13-17-29(36)18-14-25/h1-20,31-33H,21-22H2/b27-19+/t31-,32?,33-/m1/s1. The third kappa shape index (κ3) is 4.70. The summed E-state index contributed by atoms with van der Waals surface area (Å²) in [6.45, 7) is 1.02. The number of allylic oxidation sites excluding steroid dienone is 1. The lowest BCUT2D eigenvalue weighted by Gasteiger charge is -2.38. The molecule has 1 heterocycles. The van der Waals surface area contributed by atoms with Gasteiger partial charge in [0.25, 0.3) is 5.91 Å². The number of halogens is 2. The minimum absolute atomic E-state index is 0.0179. The average molecular weight is 504 g/mol. The van der Waals surface area contributed by atoms with Crippen LogP contribution in [0.3, 0.4) is 0 Å². The van der Waals surface area contributed by atoms with Gasteiger partial charge in [0.1, 0.15) is 11.6 Å². The third-order valence-corrected chi connectivity index (χ3v) is 7.69. The lowest BCUT2D eigenvalue weighted by Crippen LogP contribution is -2.43. The van der Waals surface area contributed by atoms with E-state index in [0.29, 0.717) is 18.7 Å². The van der Waals surface area contributed by atoms with Crippen LogP contribution in [0, 0.1) is 17.6 Å². The molecule has 0 N–H and O–H groups in total. The third-order valence-electron chi connectivity index (χ3n) is 7.69. The van der Waals surface area contributed by atoms with Gasteiger partial charge in [-0.3, -0.25) is 4.79 Å². The van der Waals surface area contributed by atoms with E-state index in [0.717, 1.165) is 16.7 Å². The van der Waals surface area contributed by atoms with Gasteiger partial charge in [-0.1, -0.05) is 78.9 Å². The van der Waals surface area contributed by atoms with Crippen molar-refractivity contribution in [2.75, 3.05) is 13.1 Å². The van der Waals surface area contributed by atoms with Gasteiger partial charge < -0.3 is 4.90 Å². The molecule has 1 fully saturated rings. The van der Waals surface area contributed by atoms with Crippen LogP contribution in [0.2, 0.25) is 0 Å². The van der Waals surface area contributed by atoms with E-state index < -0.39 is 0 Å². The van der Waals surface area contributed by atoms with Gasteiger partial charge in [-0.2, -0.15) is 0 Å². The number of likely N-dealkylation sites (tertiary alicyclic amines) is 1. The number of benzene rings is 4. The molecule has 0 radical (unpaired) electrons. The van der Waals surface area contributed by atoms with Crippen LogP contribution < -0.4 is 0 Å². The minimum atomic E-state index is -0.282. The zero-order valence-corrected chi connectivity index (χ0v) is 20.8. The molecule has 1 aliphatic carbocycles. The highest BCUT2D eigenvalue weighted by molar-refractivity contribution is 5.94. The summed E-state index contributed by atoms with van der Waals surface area (Å²) >= 11 is 0. The molecule has 0 saturated carbocycles. The Hall–Kier alpha value is -4.31. The monoisotopic (exact) mass is 503 g/mol. The zero-order chi connectivity index (χ0) is 26.1. The van der Waals surface area contributed by atoms with Gasteiger partial charge >= 0.3 is 0 Å². The second-order valence-corrected chi connectivity index (χ2v) is 10.0. The molecule has 38 heavy (non-hydrogen) atoms. The van der Waals surface area contributed by atoms with E-state index in [1.54, 1.807) is 12.1 Å². The molecule has 2 aliphatic rings. The van der Waals surface area contributed by atoms with E-state index in [2.05, 4.69) is 24.3 Å². The van der Waals surface area contributed by atoms with Gasteiger partial charge in [0.15, 0.2) is 0 Å². The molecule has 2 nitrogen and oxygen atoms in total. The van der Waals surface area contributed by atoms with Crippen LogP contribution in [-0.2, 0) is 0 Å². The summed E-state index contributed by atoms with van der Waals surface area (Å²) in [6, 6.07) is 32.9. The van der Waals surface area contributed by atoms with E-state index in [1.807, 2.05) is 65.6 Å². The van der Waals surface area contributed by atoms with Crippen LogP contribution in [0.25, 0.3) is 6.08 Å². The molecule has 188 valence electrons. The summed E-state index contributed by atoms with van der Waals surface area (Å²) in [5.74, 6) is -0.428. The maximum Gasteiger partial charge on any atom is 0.254 e. The van der Waals surface area contributed by atoms with Crippen LogP contribution in [0.1, 0.15) is 38.9 Å². The molecular weight excluding hydrogens is 476 g/mol. The van der Waals surface area contributed by atoms with Crippen molar-refractivity contribution < 1.29 is 13.6 Å². The van der Waals surface area contributed by atoms with Crippen molar-refractivity contribution in [1.82, 2.24) is 4.90 Å². The number of fused-ring (bicyclic) bond motifs is 1. The highest BCUT2D eigenvalue weighted by atomic mass is 19.1. The van der Waals surface area contributed by atoms with Crippen LogP contribution >= 0.6 is 0 Å². The first-order valence-corrected chi connectivity index (χ1v) is 12.9. The van der Waals surface area contributed by atoms with E-state index in [4.69, 9.17) is 0 Å². The first-order chi connectivity index (χ1) is 18.6. The van der Waals surface area contributed by atoms with Crippen LogP contribution in [0.4, 0.5) is 8.78 Å². The number of carbonyl (C=O) groups excluding carboxylic acids is 1. The van der Waals surface area contributed by atoms with E-state index in [9.17, 15) is 13.6 Å². The molecule has 4 aromatic carbocycles. The number of piperidine rings is 1. The summed E-state index contributed by atoms with van der Waals surface area (Å²) in [5, 5.41) is 0. The highest BCUT2D eigenvalue weighted by Gasteiger charge is 2.44. The smallest absolute Gasteiger partial charge is 0.254 e. The Morgan fingerprint density at radius 2 is 1.34 bits per heavy atom. The Bertz CT molecular complexity index is 1490. The van der Waals surface area contributed by atoms with E-state index >= 15 is 0 Å². The first-order valence-electron chi connectivity index (χ1n) is 12.9. The topological polar surface area (TPSA) is 20.3 Å². The fraction of sp³-hybridized carbons (Fsp3) is 0.147. The van der Waals surface area contributed by atoms with Crippen LogP contribution in [-0.4, -0.2) is 23.9 Å². The lowest BCUT2D eigenvalue weighted by molar-refractivity contribution is 0.0732. The second kappa shape index (κ2) is 10.2. The summed E-state index contributed by atoms with van der Waals surface area (Å²) in [6.07, 6.45) is 4.39. The Labute approximate surface area is 221 Å². The molecule has 3 atom stereocenters. The molecule has 1 saturated heterocycles. The predicted molar refractivity (Wildman–Crippen MR) is 147 cm³/mol. The number of amides is 1. The number of hydrogen-bond acceptors (Lipinski definition) is 1. The molecule has 1 aliphatic heterocycles. The van der Waals surface area contributed by atoms with Gasteiger partial charge in [-0.25, -0.2) is 8.78 Å². The predicted octanol–water partition coefficient (Wildman–Crippen LogP) is 7.63. The maximum absolute atomic E-state index is 13.9. The van der Waals surface area contributed by atoms with Crippen LogP contribution in [0.5, 0.6) is 0 Å². The first kappa shape index (κ1) is 24.1. The summed E-state index contributed by atoms with van der Waals surface area (Å²) < 4.78 is 27.5. The largest absolute Gasteiger partial charge is 0.334 e. The fourth-order valence-corrected chi connectivity index (χ4v) is 5.93. The van der Waals surface area contributed by atoms with Crippen molar-refractivity contribution >= 4 is 12.0 Å². The zero-order valence-electron chi connectivity index (χ0n) is 20.8. The van der Waals surface area contributed by atoms with Crippen molar-refractivity contribution in [3.05, 3.63) is 160 Å². The van der Waals surface area contributed by atoms with Gasteiger partial charge in [-0.15, -0.1) is 0 Å². The minimum Gasteiger partial charge on any atom is -0.334 e. The highest BCUT2D eigenvalue weighted by Crippen LogP contribution is 2.52. The summed E-state index contributed by atoms with van der Waals surface area (Å²) in [5.41, 5.74) is 6.02. The molecule has 0 bridgehead atoms. The van der Waals surface area contributed by atoms with E-state index in [-0.39, 0.29) is 35.3 Å². The summed E-state index contributed by atoms with van der Waals surface area (Å²) in [4.78, 5) is 15.6. The molecule has 0 spiro atoms. The molecule has 6 rings (SSSR count). The molecule has 4 aromatic rings. The summed E-state index contributed by atoms with van der Waals surface area (Å²) in [7, 11) is 0. The molecule has 4 heteroatoms. The SMILES string of the molecule is O=C(c1ccccc1)N1C/C(=C\c2ccc(F)cc2)C2=C[C@H](c3ccccc3)[C@@H](c3ccc(F)cc3)C2C1. The van der Waals surface area contributed by atoms with Gasteiger partial charge in [0.2, 0.25) is 0 Å². The van der Waals surface area contributed by atoms with Crippen molar-refractivity contribution in [2.24, 2.45) is 5.92 Å². The maximum atomic E-state index is 13.9. The number of carbonyl (C=O) groups is 1. The van der Waals surface area contributed by atoms with Crippen molar-refractivity contribution in [2.45, 2.75) is 11.8 Å². The Morgan fingerprint density at radius 1 is 0.737 bits per heavy atom. The fourth-order valence-electron chi connectivity index (χ4n) is 5.93. The Morgan fingerprint density at radius 3 is 2.00 bits per heavy atom. The Balaban J connectivity index is 1.47. The van der Waals surface area contributed by atoms with E-state index in [1.165, 1.54) is 35.4 Å². The van der Waals surface area contributed by atoms with Gasteiger partial charge in [0.05, 0.1) is 0 Å². The lowest BCUT2D eigenvalue weighted by atomic mass is 9.75. The number of rotatable bonds is 4. The van der Waals surface area contributed by atoms with Crippen molar-refractivity contribution in [1.29, 1.82) is 0 Å². The normalized spacial score (nSPS) is 21.7. The van der Waals surface area contributed by atoms with Crippen molar-refractivity contribution in [3.8, 4) is 0 Å². The molecule has 0 aromatic heterocycles. The van der Waals surface area contributed by atoms with Crippen LogP contribution in [0.15, 0.2) is 126 Å². The second-order valence-electron chi connectivity index (χ2n) is 10.0. The van der Waals surface area contributed by atoms with Gasteiger partial charge in [-0.05, 0) is 70.3 Å². The van der Waals surface area contributed by atoms with Gasteiger partial charge in [0, 0.05) is 36.4 Å². The number of nitrogens with zero attached hydrogens (tertiary/aromatic N) is 1. The molecule has 1 amide bonds. The Kier molecular flexibility index (Phi) is 6.47. The number of hydrogen-bond donors (Lipinski definition) is 0. The molecule has 1 unspecified atom stereocenters.